The summed E-state index contributed by atoms with van der Waals surface area (Å²) < 4.78 is 0. The summed E-state index contributed by atoms with van der Waals surface area (Å²) >= 11 is 5.97. The molecule has 1 aromatic carbocycles. The van der Waals surface area contributed by atoms with E-state index in [-0.39, 0.29) is 0 Å². The zero-order chi connectivity index (χ0) is 13.7. The summed E-state index contributed by atoms with van der Waals surface area (Å²) in [6.45, 7) is 4.44. The standard InChI is InChI=1S/C16H25ClN2/c1-3-11-18-16(10-12-19(2)15-8-9-15)13-4-6-14(17)7-5-13/h4-7,15-16,18H,3,8-12H2,1-2H3. The Morgan fingerprint density at radius 3 is 2.58 bits per heavy atom. The van der Waals surface area contributed by atoms with Crippen LogP contribution in [0.2, 0.25) is 5.02 Å². The number of benzene rings is 1. The topological polar surface area (TPSA) is 15.3 Å². The second-order valence-corrected chi connectivity index (χ2v) is 6.00. The quantitative estimate of drug-likeness (QED) is 0.778. The minimum Gasteiger partial charge on any atom is -0.310 e. The summed E-state index contributed by atoms with van der Waals surface area (Å²) in [4.78, 5) is 2.50. The van der Waals surface area contributed by atoms with Crippen molar-refractivity contribution in [1.82, 2.24) is 10.2 Å². The Morgan fingerprint density at radius 2 is 2.00 bits per heavy atom. The second kappa shape index (κ2) is 7.28. The molecule has 0 radical (unpaired) electrons. The van der Waals surface area contributed by atoms with Gasteiger partial charge in [-0.25, -0.2) is 0 Å². The molecule has 1 aliphatic carbocycles. The summed E-state index contributed by atoms with van der Waals surface area (Å²) in [7, 11) is 2.25. The molecule has 1 unspecified atom stereocenters. The SMILES string of the molecule is CCCNC(CCN(C)C1CC1)c1ccc(Cl)cc1. The Hall–Kier alpha value is -0.570. The van der Waals surface area contributed by atoms with Crippen molar-refractivity contribution in [2.75, 3.05) is 20.1 Å². The van der Waals surface area contributed by atoms with E-state index in [9.17, 15) is 0 Å². The molecule has 2 nitrogen and oxygen atoms in total. The lowest BCUT2D eigenvalue weighted by atomic mass is 10.0. The molecule has 1 aromatic rings. The Bertz CT molecular complexity index is 373. The first-order valence-electron chi connectivity index (χ1n) is 7.39. The molecule has 2 rings (SSSR count). The fraction of sp³-hybridized carbons (Fsp3) is 0.625. The molecule has 1 fully saturated rings. The lowest BCUT2D eigenvalue weighted by Crippen LogP contribution is -2.28. The molecule has 0 heterocycles. The molecule has 0 aliphatic heterocycles. The van der Waals surface area contributed by atoms with Gasteiger partial charge in [0.2, 0.25) is 0 Å². The molecule has 0 aromatic heterocycles. The van der Waals surface area contributed by atoms with Crippen molar-refractivity contribution in [3.63, 3.8) is 0 Å². The average molecular weight is 281 g/mol. The fourth-order valence-corrected chi connectivity index (χ4v) is 2.56. The highest BCUT2D eigenvalue weighted by molar-refractivity contribution is 6.30. The molecular weight excluding hydrogens is 256 g/mol. The van der Waals surface area contributed by atoms with Crippen LogP contribution < -0.4 is 5.32 Å². The molecule has 0 spiro atoms. The first-order valence-corrected chi connectivity index (χ1v) is 7.77. The van der Waals surface area contributed by atoms with Crippen molar-refractivity contribution in [1.29, 1.82) is 0 Å². The number of halogens is 1. The second-order valence-electron chi connectivity index (χ2n) is 5.56. The molecule has 1 aliphatic rings. The van der Waals surface area contributed by atoms with Crippen molar-refractivity contribution < 1.29 is 0 Å². The van der Waals surface area contributed by atoms with E-state index in [1.807, 2.05) is 12.1 Å². The average Bonchev–Trinajstić information content (AvgIpc) is 3.24. The van der Waals surface area contributed by atoms with E-state index in [0.29, 0.717) is 6.04 Å². The van der Waals surface area contributed by atoms with Gasteiger partial charge in [-0.15, -0.1) is 0 Å². The van der Waals surface area contributed by atoms with Crippen LogP contribution in [0.25, 0.3) is 0 Å². The zero-order valence-corrected chi connectivity index (χ0v) is 12.8. The Labute approximate surface area is 122 Å². The minimum absolute atomic E-state index is 0.443. The summed E-state index contributed by atoms with van der Waals surface area (Å²) in [5.74, 6) is 0. The van der Waals surface area contributed by atoms with Crippen LogP contribution in [0, 0.1) is 0 Å². The number of hydrogen-bond donors (Lipinski definition) is 1. The van der Waals surface area contributed by atoms with Crippen molar-refractivity contribution in [2.24, 2.45) is 0 Å². The molecule has 19 heavy (non-hydrogen) atoms. The van der Waals surface area contributed by atoms with Gasteiger partial charge in [0.25, 0.3) is 0 Å². The summed E-state index contributed by atoms with van der Waals surface area (Å²) in [6.07, 6.45) is 5.09. The zero-order valence-electron chi connectivity index (χ0n) is 12.0. The largest absolute Gasteiger partial charge is 0.310 e. The first-order chi connectivity index (χ1) is 9.20. The molecule has 106 valence electrons. The maximum absolute atomic E-state index is 5.97. The number of rotatable bonds is 8. The van der Waals surface area contributed by atoms with Gasteiger partial charge in [-0.05, 0) is 63.5 Å². The summed E-state index contributed by atoms with van der Waals surface area (Å²) in [5.41, 5.74) is 1.35. The third kappa shape index (κ3) is 4.79. The number of hydrogen-bond acceptors (Lipinski definition) is 2. The minimum atomic E-state index is 0.443. The maximum atomic E-state index is 5.97. The van der Waals surface area contributed by atoms with Gasteiger partial charge < -0.3 is 10.2 Å². The van der Waals surface area contributed by atoms with Crippen LogP contribution >= 0.6 is 11.6 Å². The van der Waals surface area contributed by atoms with E-state index in [2.05, 4.69) is 36.3 Å². The molecule has 0 bridgehead atoms. The van der Waals surface area contributed by atoms with Crippen molar-refractivity contribution in [3.05, 3.63) is 34.9 Å². The Balaban J connectivity index is 1.91. The lowest BCUT2D eigenvalue weighted by molar-refractivity contribution is 0.298. The molecular formula is C16H25ClN2. The predicted molar refractivity (Wildman–Crippen MR) is 82.8 cm³/mol. The van der Waals surface area contributed by atoms with Gasteiger partial charge in [0.05, 0.1) is 0 Å². The first kappa shape index (κ1) is 14.8. The van der Waals surface area contributed by atoms with Crippen LogP contribution in [0.4, 0.5) is 0 Å². The van der Waals surface area contributed by atoms with Gasteiger partial charge in [0, 0.05) is 17.1 Å². The Morgan fingerprint density at radius 1 is 1.32 bits per heavy atom. The Kier molecular flexibility index (Phi) is 5.68. The maximum Gasteiger partial charge on any atom is 0.0406 e. The molecule has 1 atom stereocenters. The van der Waals surface area contributed by atoms with E-state index >= 15 is 0 Å². The monoisotopic (exact) mass is 280 g/mol. The summed E-state index contributed by atoms with van der Waals surface area (Å²) in [5, 5.41) is 4.46. The van der Waals surface area contributed by atoms with Gasteiger partial charge in [-0.1, -0.05) is 30.7 Å². The van der Waals surface area contributed by atoms with E-state index in [0.717, 1.165) is 30.6 Å². The molecule has 1 saturated carbocycles. The normalized spacial score (nSPS) is 16.8. The van der Waals surface area contributed by atoms with E-state index in [4.69, 9.17) is 11.6 Å². The van der Waals surface area contributed by atoms with Crippen LogP contribution in [-0.2, 0) is 0 Å². The highest BCUT2D eigenvalue weighted by Gasteiger charge is 2.26. The fourth-order valence-electron chi connectivity index (χ4n) is 2.43. The third-order valence-electron chi connectivity index (χ3n) is 3.85. The van der Waals surface area contributed by atoms with Gasteiger partial charge in [-0.2, -0.15) is 0 Å². The molecule has 1 N–H and O–H groups in total. The van der Waals surface area contributed by atoms with Crippen LogP contribution in [0.1, 0.15) is 44.2 Å². The van der Waals surface area contributed by atoms with Crippen LogP contribution in [-0.4, -0.2) is 31.1 Å². The van der Waals surface area contributed by atoms with E-state index in [1.165, 1.54) is 24.8 Å². The number of nitrogens with zero attached hydrogens (tertiary/aromatic N) is 1. The van der Waals surface area contributed by atoms with Crippen LogP contribution in [0.3, 0.4) is 0 Å². The molecule has 3 heteroatoms. The van der Waals surface area contributed by atoms with Gasteiger partial charge in [-0.3, -0.25) is 0 Å². The molecule has 0 saturated heterocycles. The third-order valence-corrected chi connectivity index (χ3v) is 4.11. The highest BCUT2D eigenvalue weighted by Crippen LogP contribution is 2.27. The van der Waals surface area contributed by atoms with E-state index < -0.39 is 0 Å². The van der Waals surface area contributed by atoms with Crippen molar-refractivity contribution in [3.8, 4) is 0 Å². The molecule has 0 amide bonds. The van der Waals surface area contributed by atoms with Gasteiger partial charge >= 0.3 is 0 Å². The summed E-state index contributed by atoms with van der Waals surface area (Å²) in [6, 6.07) is 9.56. The smallest absolute Gasteiger partial charge is 0.0406 e. The van der Waals surface area contributed by atoms with Gasteiger partial charge in [0.15, 0.2) is 0 Å². The van der Waals surface area contributed by atoms with Gasteiger partial charge in [0.1, 0.15) is 0 Å². The van der Waals surface area contributed by atoms with Crippen LogP contribution in [0.5, 0.6) is 0 Å². The van der Waals surface area contributed by atoms with Crippen molar-refractivity contribution >= 4 is 11.6 Å². The number of nitrogens with one attached hydrogen (secondary N) is 1. The lowest BCUT2D eigenvalue weighted by Gasteiger charge is -2.23. The van der Waals surface area contributed by atoms with E-state index in [1.54, 1.807) is 0 Å². The van der Waals surface area contributed by atoms with Crippen LogP contribution in [0.15, 0.2) is 24.3 Å². The highest BCUT2D eigenvalue weighted by atomic mass is 35.5. The predicted octanol–water partition coefficient (Wildman–Crippen LogP) is 3.87. The van der Waals surface area contributed by atoms with Crippen molar-refractivity contribution in [2.45, 2.75) is 44.7 Å².